The molecule has 0 amide bonds. The van der Waals surface area contributed by atoms with E-state index in [2.05, 4.69) is 223 Å². The van der Waals surface area contributed by atoms with Gasteiger partial charge in [-0.3, -0.25) is 5.32 Å². The van der Waals surface area contributed by atoms with Gasteiger partial charge in [0.05, 0.1) is 5.41 Å². The van der Waals surface area contributed by atoms with Crippen LogP contribution in [0.3, 0.4) is 0 Å². The molecule has 2 atom stereocenters. The maximum Gasteiger partial charge on any atom is 0.136 e. The van der Waals surface area contributed by atoms with Crippen LogP contribution < -0.4 is 10.6 Å². The van der Waals surface area contributed by atoms with E-state index in [-0.39, 0.29) is 12.3 Å². The number of amidine groups is 1. The van der Waals surface area contributed by atoms with Crippen molar-refractivity contribution in [1.29, 1.82) is 0 Å². The second-order valence-electron chi connectivity index (χ2n) is 16.3. The van der Waals surface area contributed by atoms with E-state index < -0.39 is 5.41 Å². The number of hydrogen-bond acceptors (Lipinski definition) is 4. The Hall–Kier alpha value is -7.79. The van der Waals surface area contributed by atoms with Gasteiger partial charge in [0.25, 0.3) is 0 Å². The molecule has 10 aromatic rings. The summed E-state index contributed by atoms with van der Waals surface area (Å²) in [5, 5.41) is 10.1. The summed E-state index contributed by atoms with van der Waals surface area (Å²) in [7, 11) is 0. The van der Waals surface area contributed by atoms with Gasteiger partial charge in [0.1, 0.15) is 29.3 Å². The van der Waals surface area contributed by atoms with Crippen LogP contribution in [0.2, 0.25) is 0 Å². The van der Waals surface area contributed by atoms with Crippen molar-refractivity contribution in [2.45, 2.75) is 17.7 Å². The van der Waals surface area contributed by atoms with E-state index in [9.17, 15) is 0 Å². The average molecular weight is 796 g/mol. The lowest BCUT2D eigenvalue weighted by Crippen LogP contribution is -2.45. The molecule has 2 unspecified atom stereocenters. The number of nitrogens with one attached hydrogen (secondary N) is 2. The number of furan rings is 1. The van der Waals surface area contributed by atoms with E-state index in [4.69, 9.17) is 9.41 Å². The van der Waals surface area contributed by atoms with Crippen molar-refractivity contribution in [3.63, 3.8) is 0 Å². The highest BCUT2D eigenvalue weighted by molar-refractivity contribution is 6.08. The van der Waals surface area contributed by atoms with E-state index in [1.807, 2.05) is 12.1 Å². The Kier molecular flexibility index (Phi) is 8.58. The molecule has 1 aliphatic heterocycles. The number of rotatable bonds is 7. The van der Waals surface area contributed by atoms with Crippen LogP contribution in [0.4, 0.5) is 0 Å². The third kappa shape index (κ3) is 5.91. The molecule has 0 saturated carbocycles. The maximum atomic E-state index is 6.43. The molecule has 12 rings (SSSR count). The van der Waals surface area contributed by atoms with Crippen molar-refractivity contribution in [2.75, 3.05) is 0 Å². The van der Waals surface area contributed by atoms with Crippen LogP contribution >= 0.6 is 0 Å². The van der Waals surface area contributed by atoms with Crippen molar-refractivity contribution < 1.29 is 4.42 Å². The highest BCUT2D eigenvalue weighted by Gasteiger charge is 2.46. The molecule has 2 aliphatic rings. The molecule has 0 spiro atoms. The summed E-state index contributed by atoms with van der Waals surface area (Å²) >= 11 is 0. The Morgan fingerprint density at radius 2 is 0.984 bits per heavy atom. The van der Waals surface area contributed by atoms with Gasteiger partial charge in [-0.25, -0.2) is 4.99 Å². The van der Waals surface area contributed by atoms with Gasteiger partial charge in [0.2, 0.25) is 0 Å². The van der Waals surface area contributed by atoms with Crippen LogP contribution in [0, 0.1) is 0 Å². The maximum absolute atomic E-state index is 6.43. The van der Waals surface area contributed by atoms with E-state index in [0.29, 0.717) is 0 Å². The molecule has 0 saturated heterocycles. The molecule has 0 bridgehead atoms. The predicted octanol–water partition coefficient (Wildman–Crippen LogP) is 13.6. The third-order valence-electron chi connectivity index (χ3n) is 12.8. The number of benzene rings is 9. The summed E-state index contributed by atoms with van der Waals surface area (Å²) < 4.78 is 6.43. The van der Waals surface area contributed by atoms with Gasteiger partial charge in [0, 0.05) is 16.3 Å². The van der Waals surface area contributed by atoms with Crippen LogP contribution in [0.15, 0.2) is 234 Å². The van der Waals surface area contributed by atoms with Crippen LogP contribution in [-0.4, -0.2) is 5.84 Å². The standard InChI is InChI=1S/C58H41N3O/c1-5-17-38(18-6-1)42-33-43(39-19-7-2-8-20-39)35-44(34-42)57-60-55(59-56(61-57)41-30-32-50-49-26-14-16-28-53(49)62-54(50)37-41)40-29-31-48-47-25-13-15-27-51(47)58(52(48)36-40,45-21-9-3-10-22-45)46-23-11-4-12-24-46/h1-37,55,57,60H,(H,59,61). The summed E-state index contributed by atoms with van der Waals surface area (Å²) in [5.41, 5.74) is 16.5. The van der Waals surface area contributed by atoms with Gasteiger partial charge in [0.15, 0.2) is 0 Å². The van der Waals surface area contributed by atoms with Gasteiger partial charge < -0.3 is 9.73 Å². The van der Waals surface area contributed by atoms with Gasteiger partial charge in [-0.15, -0.1) is 0 Å². The predicted molar refractivity (Wildman–Crippen MR) is 253 cm³/mol. The number of aliphatic imine (C=N–C) groups is 1. The first-order chi connectivity index (χ1) is 30.7. The minimum Gasteiger partial charge on any atom is -0.456 e. The average Bonchev–Trinajstić information content (AvgIpc) is 3.88. The minimum atomic E-state index is -0.517. The van der Waals surface area contributed by atoms with Crippen LogP contribution in [0.1, 0.15) is 51.3 Å². The van der Waals surface area contributed by atoms with Gasteiger partial charge in [-0.05, 0) is 103 Å². The van der Waals surface area contributed by atoms with Crippen molar-refractivity contribution in [3.8, 4) is 33.4 Å². The quantitative estimate of drug-likeness (QED) is 0.169. The Morgan fingerprint density at radius 1 is 0.403 bits per heavy atom. The molecule has 4 nitrogen and oxygen atoms in total. The first-order valence-corrected chi connectivity index (χ1v) is 21.3. The molecule has 0 radical (unpaired) electrons. The van der Waals surface area contributed by atoms with E-state index in [1.54, 1.807) is 0 Å². The Bertz CT molecular complexity index is 3200. The van der Waals surface area contributed by atoms with Crippen molar-refractivity contribution in [2.24, 2.45) is 4.99 Å². The topological polar surface area (TPSA) is 49.6 Å². The highest BCUT2D eigenvalue weighted by Crippen LogP contribution is 2.56. The minimum absolute atomic E-state index is 0.294. The first kappa shape index (κ1) is 36.1. The third-order valence-corrected chi connectivity index (χ3v) is 12.8. The zero-order chi connectivity index (χ0) is 41.0. The lowest BCUT2D eigenvalue weighted by Gasteiger charge is -2.35. The summed E-state index contributed by atoms with van der Waals surface area (Å²) in [6, 6.07) is 80.8. The van der Waals surface area contributed by atoms with Crippen molar-refractivity contribution in [3.05, 3.63) is 263 Å². The fourth-order valence-electron chi connectivity index (χ4n) is 9.97. The number of fused-ring (bicyclic) bond motifs is 6. The fourth-order valence-corrected chi connectivity index (χ4v) is 9.97. The molecule has 0 fully saturated rings. The largest absolute Gasteiger partial charge is 0.456 e. The fraction of sp³-hybridized carbons (Fsp3) is 0.0517. The second kappa shape index (κ2) is 14.7. The second-order valence-corrected chi connectivity index (χ2v) is 16.3. The summed E-state index contributed by atoms with van der Waals surface area (Å²) in [5.74, 6) is 0.800. The molecule has 294 valence electrons. The summed E-state index contributed by atoms with van der Waals surface area (Å²) in [6.45, 7) is 0. The zero-order valence-corrected chi connectivity index (χ0v) is 33.9. The van der Waals surface area contributed by atoms with Crippen molar-refractivity contribution in [1.82, 2.24) is 10.6 Å². The molecular formula is C58H41N3O. The molecule has 2 heterocycles. The van der Waals surface area contributed by atoms with Gasteiger partial charge >= 0.3 is 0 Å². The number of para-hydroxylation sites is 1. The Labute approximate surface area is 360 Å². The molecular weight excluding hydrogens is 755 g/mol. The van der Waals surface area contributed by atoms with Crippen LogP contribution in [-0.2, 0) is 5.41 Å². The molecule has 1 aromatic heterocycles. The Balaban J connectivity index is 1.04. The normalized spacial score (nSPS) is 16.4. The van der Waals surface area contributed by atoms with E-state index >= 15 is 0 Å². The highest BCUT2D eigenvalue weighted by atomic mass is 16.3. The molecule has 9 aromatic carbocycles. The lowest BCUT2D eigenvalue weighted by atomic mass is 9.67. The summed E-state index contributed by atoms with van der Waals surface area (Å²) in [4.78, 5) is 5.51. The van der Waals surface area contributed by atoms with Gasteiger partial charge in [-0.2, -0.15) is 0 Å². The first-order valence-electron chi connectivity index (χ1n) is 21.3. The van der Waals surface area contributed by atoms with Gasteiger partial charge in [-0.1, -0.05) is 188 Å². The number of hydrogen-bond donors (Lipinski definition) is 2. The summed E-state index contributed by atoms with van der Waals surface area (Å²) in [6.07, 6.45) is -0.676. The lowest BCUT2D eigenvalue weighted by molar-refractivity contribution is 0.409. The molecule has 62 heavy (non-hydrogen) atoms. The monoisotopic (exact) mass is 795 g/mol. The SMILES string of the molecule is c1ccc(-c2cc(-c3ccccc3)cc(C3N=C(c4ccc5c(c4)oc4ccccc45)NC(c4ccc5c(c4)C(c4ccccc4)(c4ccccc4)c4ccccc4-5)N3)c2)cc1. The van der Waals surface area contributed by atoms with Crippen LogP contribution in [0.5, 0.6) is 0 Å². The molecule has 4 heteroatoms. The van der Waals surface area contributed by atoms with Crippen molar-refractivity contribution >= 4 is 27.8 Å². The zero-order valence-electron chi connectivity index (χ0n) is 33.9. The van der Waals surface area contributed by atoms with E-state index in [1.165, 1.54) is 33.4 Å². The molecule has 2 N–H and O–H groups in total. The smallest absolute Gasteiger partial charge is 0.136 e. The molecule has 1 aliphatic carbocycles. The number of nitrogens with zero attached hydrogens (tertiary/aromatic N) is 1. The Morgan fingerprint density at radius 3 is 1.68 bits per heavy atom. The van der Waals surface area contributed by atoms with E-state index in [0.717, 1.165) is 66.7 Å². The van der Waals surface area contributed by atoms with Crippen LogP contribution in [0.25, 0.3) is 55.3 Å².